The molecule has 152 valence electrons. The lowest BCUT2D eigenvalue weighted by molar-refractivity contribution is -0.166. The highest BCUT2D eigenvalue weighted by atomic mass is 32.1. The van der Waals surface area contributed by atoms with Gasteiger partial charge in [-0.05, 0) is 57.1 Å². The number of aromatic nitrogens is 2. The van der Waals surface area contributed by atoms with Crippen LogP contribution in [0.1, 0.15) is 54.9 Å². The Morgan fingerprint density at radius 3 is 2.75 bits per heavy atom. The Labute approximate surface area is 165 Å². The number of nitrogens with one attached hydrogen (secondary N) is 1. The molecule has 1 fully saturated rings. The average molecular weight is 411 g/mol. The van der Waals surface area contributed by atoms with Gasteiger partial charge < -0.3 is 15.2 Å². The number of carbonyl (C=O) groups is 1. The average Bonchev–Trinajstić information content (AvgIpc) is 3.22. The number of alkyl halides is 2. The van der Waals surface area contributed by atoms with Crippen molar-refractivity contribution in [3.8, 4) is 5.88 Å². The molecule has 2 aromatic heterocycles. The first-order chi connectivity index (χ1) is 13.4. The van der Waals surface area contributed by atoms with E-state index >= 15 is 0 Å². The summed E-state index contributed by atoms with van der Waals surface area (Å²) in [6.07, 6.45) is 5.80. The summed E-state index contributed by atoms with van der Waals surface area (Å²) in [4.78, 5) is 21.2. The number of hydrogen-bond acceptors (Lipinski definition) is 6. The van der Waals surface area contributed by atoms with Crippen LogP contribution in [0.15, 0.2) is 6.33 Å². The molecule has 28 heavy (non-hydrogen) atoms. The van der Waals surface area contributed by atoms with Gasteiger partial charge in [0, 0.05) is 17.3 Å². The zero-order chi connectivity index (χ0) is 19.9. The minimum absolute atomic E-state index is 0.0403. The van der Waals surface area contributed by atoms with Crippen molar-refractivity contribution in [3.63, 3.8) is 0 Å². The smallest absolute Gasteiger partial charge is 0.374 e. The molecule has 1 atom stereocenters. The summed E-state index contributed by atoms with van der Waals surface area (Å²) in [5.74, 6) is -5.90. The maximum atomic E-state index is 13.9. The van der Waals surface area contributed by atoms with Gasteiger partial charge in [0.25, 0.3) is 0 Å². The summed E-state index contributed by atoms with van der Waals surface area (Å²) in [6, 6.07) is 0.498. The third-order valence-corrected chi connectivity index (χ3v) is 7.05. The van der Waals surface area contributed by atoms with Crippen LogP contribution in [0, 0.1) is 0 Å². The Kier molecular flexibility index (Phi) is 5.22. The van der Waals surface area contributed by atoms with Gasteiger partial charge in [0.1, 0.15) is 17.3 Å². The molecular formula is C19H23F2N3O3S. The van der Waals surface area contributed by atoms with Crippen molar-refractivity contribution in [1.82, 2.24) is 15.3 Å². The van der Waals surface area contributed by atoms with Crippen LogP contribution in [0.4, 0.5) is 8.78 Å². The van der Waals surface area contributed by atoms with Gasteiger partial charge in [0.05, 0.1) is 5.39 Å². The van der Waals surface area contributed by atoms with Crippen molar-refractivity contribution in [2.24, 2.45) is 0 Å². The molecule has 2 aliphatic carbocycles. The maximum absolute atomic E-state index is 13.9. The molecule has 6 nitrogen and oxygen atoms in total. The number of aliphatic carboxylic acids is 1. The molecule has 0 spiro atoms. The predicted molar refractivity (Wildman–Crippen MR) is 101 cm³/mol. The zero-order valence-electron chi connectivity index (χ0n) is 15.6. The Balaban J connectivity index is 1.62. The lowest BCUT2D eigenvalue weighted by atomic mass is 9.93. The fraction of sp³-hybridized carbons (Fsp3) is 0.632. The standard InChI is InChI=1S/C19H23F2N3O3S/c1-22-11-3-5-12(6-4-11)27-16-15-14-10(8-19(20,21)18(25)26)2-7-13(14)28-17(15)24-9-23-16/h9-12,22H,2-8H2,1H3,(H,25,26). The minimum Gasteiger partial charge on any atom is -0.477 e. The van der Waals surface area contributed by atoms with Crippen LogP contribution in [-0.2, 0) is 11.2 Å². The fourth-order valence-corrected chi connectivity index (χ4v) is 5.59. The first-order valence-electron chi connectivity index (χ1n) is 9.60. The molecule has 1 saturated carbocycles. The lowest BCUT2D eigenvalue weighted by Crippen LogP contribution is -2.34. The van der Waals surface area contributed by atoms with Crippen molar-refractivity contribution in [2.75, 3.05) is 7.05 Å². The third kappa shape index (κ3) is 3.57. The number of hydrogen-bond donors (Lipinski definition) is 2. The van der Waals surface area contributed by atoms with Crippen LogP contribution in [0.25, 0.3) is 10.2 Å². The van der Waals surface area contributed by atoms with E-state index in [0.717, 1.165) is 41.0 Å². The van der Waals surface area contributed by atoms with E-state index in [9.17, 15) is 13.6 Å². The number of thiophene rings is 1. The van der Waals surface area contributed by atoms with Gasteiger partial charge in [0.2, 0.25) is 5.88 Å². The molecule has 0 saturated heterocycles. The van der Waals surface area contributed by atoms with E-state index in [1.165, 1.54) is 17.7 Å². The first-order valence-corrected chi connectivity index (χ1v) is 10.4. The van der Waals surface area contributed by atoms with Crippen molar-refractivity contribution in [1.29, 1.82) is 0 Å². The van der Waals surface area contributed by atoms with E-state index in [1.54, 1.807) is 0 Å². The lowest BCUT2D eigenvalue weighted by Gasteiger charge is -2.28. The Morgan fingerprint density at radius 2 is 2.07 bits per heavy atom. The molecule has 9 heteroatoms. The van der Waals surface area contributed by atoms with E-state index in [0.29, 0.717) is 30.1 Å². The Morgan fingerprint density at radius 1 is 1.32 bits per heavy atom. The summed E-state index contributed by atoms with van der Waals surface area (Å²) < 4.78 is 33.9. The van der Waals surface area contributed by atoms with Crippen LogP contribution in [-0.4, -0.2) is 46.2 Å². The highest BCUT2D eigenvalue weighted by Gasteiger charge is 2.44. The Hall–Kier alpha value is -1.87. The number of ether oxygens (including phenoxy) is 1. The first kappa shape index (κ1) is 19.4. The van der Waals surface area contributed by atoms with Gasteiger partial charge in [-0.1, -0.05) is 0 Å². The number of fused-ring (bicyclic) bond motifs is 3. The van der Waals surface area contributed by atoms with E-state index in [-0.39, 0.29) is 6.10 Å². The van der Waals surface area contributed by atoms with Crippen molar-refractivity contribution >= 4 is 27.5 Å². The van der Waals surface area contributed by atoms with Crippen LogP contribution in [0.5, 0.6) is 5.88 Å². The number of carboxylic acid groups (broad SMARTS) is 1. The zero-order valence-corrected chi connectivity index (χ0v) is 16.4. The highest BCUT2D eigenvalue weighted by molar-refractivity contribution is 7.19. The monoisotopic (exact) mass is 411 g/mol. The number of aryl methyl sites for hydroxylation is 1. The van der Waals surface area contributed by atoms with Gasteiger partial charge in [0.15, 0.2) is 0 Å². The summed E-state index contributed by atoms with van der Waals surface area (Å²) in [6.45, 7) is 0. The second-order valence-electron chi connectivity index (χ2n) is 7.63. The van der Waals surface area contributed by atoms with E-state index < -0.39 is 24.2 Å². The summed E-state index contributed by atoms with van der Waals surface area (Å²) in [5.41, 5.74) is 0.764. The third-order valence-electron chi connectivity index (χ3n) is 5.87. The van der Waals surface area contributed by atoms with Crippen LogP contribution in [0.3, 0.4) is 0 Å². The van der Waals surface area contributed by atoms with E-state index in [1.807, 2.05) is 7.05 Å². The summed E-state index contributed by atoms with van der Waals surface area (Å²) in [7, 11) is 1.96. The predicted octanol–water partition coefficient (Wildman–Crippen LogP) is 3.74. The SMILES string of the molecule is CNC1CCC(Oc2ncnc3sc4c(c23)C(CC(F)(F)C(=O)O)CC4)CC1. The number of rotatable bonds is 6. The van der Waals surface area contributed by atoms with Crippen LogP contribution < -0.4 is 10.1 Å². The Bertz CT molecular complexity index is 881. The number of nitrogens with zero attached hydrogens (tertiary/aromatic N) is 2. The summed E-state index contributed by atoms with van der Waals surface area (Å²) >= 11 is 1.47. The van der Waals surface area contributed by atoms with Gasteiger partial charge in [-0.3, -0.25) is 0 Å². The minimum atomic E-state index is -3.75. The van der Waals surface area contributed by atoms with Crippen molar-refractivity contribution in [3.05, 3.63) is 16.8 Å². The molecule has 2 heterocycles. The van der Waals surface area contributed by atoms with Gasteiger partial charge in [-0.15, -0.1) is 11.3 Å². The molecule has 0 amide bonds. The van der Waals surface area contributed by atoms with Gasteiger partial charge in [-0.25, -0.2) is 14.8 Å². The van der Waals surface area contributed by atoms with E-state index in [4.69, 9.17) is 9.84 Å². The van der Waals surface area contributed by atoms with E-state index in [2.05, 4.69) is 15.3 Å². The van der Waals surface area contributed by atoms with Crippen molar-refractivity contribution in [2.45, 2.75) is 68.9 Å². The quantitative estimate of drug-likeness (QED) is 0.753. The number of halogens is 2. The molecule has 0 aromatic carbocycles. The molecular weight excluding hydrogens is 388 g/mol. The maximum Gasteiger partial charge on any atom is 0.374 e. The highest BCUT2D eigenvalue weighted by Crippen LogP contribution is 2.49. The topological polar surface area (TPSA) is 84.3 Å². The van der Waals surface area contributed by atoms with Gasteiger partial charge in [-0.2, -0.15) is 8.78 Å². The second kappa shape index (κ2) is 7.51. The fourth-order valence-electron chi connectivity index (χ4n) is 4.36. The van der Waals surface area contributed by atoms with Gasteiger partial charge >= 0.3 is 11.9 Å². The molecule has 2 aliphatic rings. The number of carboxylic acids is 1. The molecule has 0 aliphatic heterocycles. The molecule has 2 N–H and O–H groups in total. The molecule has 1 unspecified atom stereocenters. The summed E-state index contributed by atoms with van der Waals surface area (Å²) in [5, 5.41) is 12.8. The molecule has 4 rings (SSSR count). The van der Waals surface area contributed by atoms with Crippen LogP contribution >= 0.6 is 11.3 Å². The molecule has 0 radical (unpaired) electrons. The second-order valence-corrected chi connectivity index (χ2v) is 8.71. The normalized spacial score (nSPS) is 25.0. The van der Waals surface area contributed by atoms with Crippen molar-refractivity contribution < 1.29 is 23.4 Å². The molecule has 2 aromatic rings. The largest absolute Gasteiger partial charge is 0.477 e. The van der Waals surface area contributed by atoms with Crippen LogP contribution in [0.2, 0.25) is 0 Å². The molecule has 0 bridgehead atoms.